The van der Waals surface area contributed by atoms with Crippen LogP contribution in [-0.4, -0.2) is 74.6 Å². The number of carboxylic acid groups (broad SMARTS) is 1. The Kier molecular flexibility index (Phi) is 11.0. The molecule has 1 heterocycles. The number of amides is 3. The molecule has 4 atom stereocenters. The number of aliphatic hydroxyl groups is 1. The molecule has 4 unspecified atom stereocenters. The molecule has 0 saturated carbocycles. The van der Waals surface area contributed by atoms with E-state index >= 15 is 0 Å². The van der Waals surface area contributed by atoms with Crippen molar-refractivity contribution in [2.24, 2.45) is 11.7 Å². The number of hydrogen-bond donors (Lipinski definition) is 7. The van der Waals surface area contributed by atoms with Gasteiger partial charge in [0, 0.05) is 24.7 Å². The van der Waals surface area contributed by atoms with Crippen molar-refractivity contribution in [3.8, 4) is 0 Å². The van der Waals surface area contributed by atoms with Gasteiger partial charge in [0.25, 0.3) is 0 Å². The lowest BCUT2D eigenvalue weighted by molar-refractivity contribution is -0.142. The number of aliphatic carboxylic acids is 1. The maximum Gasteiger partial charge on any atom is 0.326 e. The molecule has 0 spiro atoms. The van der Waals surface area contributed by atoms with E-state index in [0.717, 1.165) is 5.56 Å². The predicted molar refractivity (Wildman–Crippen MR) is 130 cm³/mol. The van der Waals surface area contributed by atoms with Crippen LogP contribution in [0.1, 0.15) is 31.5 Å². The molecule has 0 bridgehead atoms. The molecule has 0 saturated heterocycles. The Balaban J connectivity index is 2.25. The monoisotopic (exact) mass is 502 g/mol. The molecule has 2 aromatic rings. The standard InChI is InChI=1S/C24H34N6O6/c1-14(2)8-20(24(35)36)30-23(34)19(10-16-11-26-13-27-16)29-22(33)18(28-21(32)17(25)12-31)9-15-6-4-3-5-7-15/h3-7,11,13-14,17-20,31H,8-10,12,25H2,1-2H3,(H,26,27)(H,28,32)(H,29,33)(H,30,34)(H,35,36). The summed E-state index contributed by atoms with van der Waals surface area (Å²) in [5.74, 6) is -3.27. The first-order valence-corrected chi connectivity index (χ1v) is 11.6. The van der Waals surface area contributed by atoms with Crippen molar-refractivity contribution in [1.29, 1.82) is 0 Å². The molecule has 3 amide bonds. The fraction of sp³-hybridized carbons (Fsp3) is 0.458. The summed E-state index contributed by atoms with van der Waals surface area (Å²) in [7, 11) is 0. The lowest BCUT2D eigenvalue weighted by Crippen LogP contribution is -2.58. The molecule has 8 N–H and O–H groups in total. The highest BCUT2D eigenvalue weighted by atomic mass is 16.4. The Bertz CT molecular complexity index is 998. The lowest BCUT2D eigenvalue weighted by atomic mass is 10.0. The number of rotatable bonds is 14. The highest BCUT2D eigenvalue weighted by Gasteiger charge is 2.31. The number of nitrogens with zero attached hydrogens (tertiary/aromatic N) is 1. The van der Waals surface area contributed by atoms with Crippen molar-refractivity contribution in [3.63, 3.8) is 0 Å². The predicted octanol–water partition coefficient (Wildman–Crippen LogP) is -0.900. The van der Waals surface area contributed by atoms with E-state index in [4.69, 9.17) is 5.73 Å². The second-order valence-electron chi connectivity index (χ2n) is 8.91. The first-order valence-electron chi connectivity index (χ1n) is 11.6. The number of aromatic amines is 1. The summed E-state index contributed by atoms with van der Waals surface area (Å²) in [6, 6.07) is 4.27. The van der Waals surface area contributed by atoms with E-state index in [1.165, 1.54) is 12.5 Å². The normalized spacial score (nSPS) is 14.4. The van der Waals surface area contributed by atoms with Gasteiger partial charge in [0.05, 0.1) is 12.9 Å². The average molecular weight is 503 g/mol. The summed E-state index contributed by atoms with van der Waals surface area (Å²) in [5.41, 5.74) is 6.88. The molecule has 12 heteroatoms. The van der Waals surface area contributed by atoms with Crippen LogP contribution >= 0.6 is 0 Å². The summed E-state index contributed by atoms with van der Waals surface area (Å²) in [4.78, 5) is 57.1. The van der Waals surface area contributed by atoms with Gasteiger partial charge in [-0.2, -0.15) is 0 Å². The van der Waals surface area contributed by atoms with Gasteiger partial charge in [-0.3, -0.25) is 14.4 Å². The van der Waals surface area contributed by atoms with Crippen LogP contribution < -0.4 is 21.7 Å². The fourth-order valence-corrected chi connectivity index (χ4v) is 3.48. The molecular formula is C24H34N6O6. The van der Waals surface area contributed by atoms with Gasteiger partial charge < -0.3 is 36.9 Å². The van der Waals surface area contributed by atoms with Crippen molar-refractivity contribution >= 4 is 23.7 Å². The van der Waals surface area contributed by atoms with Crippen LogP contribution in [0, 0.1) is 5.92 Å². The zero-order valence-corrected chi connectivity index (χ0v) is 20.3. The van der Waals surface area contributed by atoms with Gasteiger partial charge >= 0.3 is 5.97 Å². The molecule has 0 aliphatic heterocycles. The molecule has 0 radical (unpaired) electrons. The number of H-pyrrole nitrogens is 1. The topological polar surface area (TPSA) is 200 Å². The smallest absolute Gasteiger partial charge is 0.326 e. The third kappa shape index (κ3) is 9.12. The van der Waals surface area contributed by atoms with Crippen LogP contribution in [-0.2, 0) is 32.0 Å². The summed E-state index contributed by atoms with van der Waals surface area (Å²) >= 11 is 0. The zero-order valence-electron chi connectivity index (χ0n) is 20.3. The molecule has 36 heavy (non-hydrogen) atoms. The molecule has 2 rings (SSSR count). The van der Waals surface area contributed by atoms with Gasteiger partial charge in [-0.15, -0.1) is 0 Å². The minimum absolute atomic E-state index is 0.00764. The number of nitrogens with one attached hydrogen (secondary N) is 4. The SMILES string of the molecule is CC(C)CC(NC(=O)C(Cc1cnc[nH]1)NC(=O)C(Cc1ccccc1)NC(=O)C(N)CO)C(=O)O. The number of imidazole rings is 1. The number of carboxylic acids is 1. The lowest BCUT2D eigenvalue weighted by Gasteiger charge is -2.25. The third-order valence-electron chi connectivity index (χ3n) is 5.38. The van der Waals surface area contributed by atoms with Crippen molar-refractivity contribution < 1.29 is 29.4 Å². The van der Waals surface area contributed by atoms with Crippen molar-refractivity contribution in [1.82, 2.24) is 25.9 Å². The minimum Gasteiger partial charge on any atom is -0.480 e. The molecule has 196 valence electrons. The van der Waals surface area contributed by atoms with Gasteiger partial charge in [0.2, 0.25) is 17.7 Å². The van der Waals surface area contributed by atoms with Crippen molar-refractivity contribution in [2.75, 3.05) is 6.61 Å². The maximum atomic E-state index is 13.3. The number of benzene rings is 1. The van der Waals surface area contributed by atoms with E-state index in [0.29, 0.717) is 5.69 Å². The zero-order chi connectivity index (χ0) is 26.7. The fourth-order valence-electron chi connectivity index (χ4n) is 3.48. The van der Waals surface area contributed by atoms with E-state index < -0.39 is 54.5 Å². The van der Waals surface area contributed by atoms with Crippen LogP contribution in [0.2, 0.25) is 0 Å². The van der Waals surface area contributed by atoms with Crippen molar-refractivity contribution in [2.45, 2.75) is 57.3 Å². The molecule has 0 fully saturated rings. The summed E-state index contributed by atoms with van der Waals surface area (Å²) in [5, 5.41) is 26.4. The van der Waals surface area contributed by atoms with E-state index in [-0.39, 0.29) is 25.2 Å². The van der Waals surface area contributed by atoms with Gasteiger partial charge in [0.1, 0.15) is 24.2 Å². The highest BCUT2D eigenvalue weighted by molar-refractivity contribution is 5.94. The first-order chi connectivity index (χ1) is 17.1. The molecule has 0 aliphatic rings. The van der Waals surface area contributed by atoms with Gasteiger partial charge in [-0.1, -0.05) is 44.2 Å². The molecule has 0 aliphatic carbocycles. The summed E-state index contributed by atoms with van der Waals surface area (Å²) < 4.78 is 0. The molecule has 1 aromatic heterocycles. The number of nitrogens with two attached hydrogens (primary N) is 1. The minimum atomic E-state index is -1.23. The van der Waals surface area contributed by atoms with Gasteiger partial charge in [-0.25, -0.2) is 9.78 Å². The third-order valence-corrected chi connectivity index (χ3v) is 5.38. The Morgan fingerprint density at radius 1 is 0.944 bits per heavy atom. The average Bonchev–Trinajstić information content (AvgIpc) is 3.35. The van der Waals surface area contributed by atoms with Crippen LogP contribution in [0.3, 0.4) is 0 Å². The van der Waals surface area contributed by atoms with Crippen LogP contribution in [0.15, 0.2) is 42.9 Å². The number of carbonyl (C=O) groups is 4. The second kappa shape index (κ2) is 14.0. The van der Waals surface area contributed by atoms with Gasteiger partial charge in [0.15, 0.2) is 0 Å². The number of aliphatic hydroxyl groups excluding tert-OH is 1. The van der Waals surface area contributed by atoms with E-state index in [2.05, 4.69) is 25.9 Å². The Morgan fingerprint density at radius 2 is 1.53 bits per heavy atom. The molecular weight excluding hydrogens is 468 g/mol. The van der Waals surface area contributed by atoms with Gasteiger partial charge in [-0.05, 0) is 17.9 Å². The van der Waals surface area contributed by atoms with Crippen LogP contribution in [0.5, 0.6) is 0 Å². The number of hydrogen-bond acceptors (Lipinski definition) is 7. The Labute approximate surface area is 209 Å². The summed E-state index contributed by atoms with van der Waals surface area (Å²) in [6.07, 6.45) is 3.21. The largest absolute Gasteiger partial charge is 0.480 e. The van der Waals surface area contributed by atoms with Crippen LogP contribution in [0.25, 0.3) is 0 Å². The maximum absolute atomic E-state index is 13.3. The van der Waals surface area contributed by atoms with Crippen molar-refractivity contribution in [3.05, 3.63) is 54.1 Å². The number of aromatic nitrogens is 2. The molecule has 1 aromatic carbocycles. The van der Waals surface area contributed by atoms with E-state index in [1.54, 1.807) is 30.3 Å². The quantitative estimate of drug-likeness (QED) is 0.172. The van der Waals surface area contributed by atoms with Crippen LogP contribution in [0.4, 0.5) is 0 Å². The molecule has 12 nitrogen and oxygen atoms in total. The summed E-state index contributed by atoms with van der Waals surface area (Å²) in [6.45, 7) is 3.06. The number of carbonyl (C=O) groups excluding carboxylic acids is 3. The Hall–Kier alpha value is -3.77. The first kappa shape index (κ1) is 28.5. The Morgan fingerprint density at radius 3 is 2.06 bits per heavy atom. The van der Waals surface area contributed by atoms with E-state index in [1.807, 2.05) is 13.8 Å². The second-order valence-corrected chi connectivity index (χ2v) is 8.91. The highest BCUT2D eigenvalue weighted by Crippen LogP contribution is 2.08. The van der Waals surface area contributed by atoms with E-state index in [9.17, 15) is 29.4 Å².